The summed E-state index contributed by atoms with van der Waals surface area (Å²) in [6.45, 7) is 2.53. The molecule has 1 N–H and O–H groups in total. The third kappa shape index (κ3) is 4.63. The van der Waals surface area contributed by atoms with Crippen molar-refractivity contribution in [3.05, 3.63) is 65.5 Å². The number of benzene rings is 2. The van der Waals surface area contributed by atoms with Crippen LogP contribution in [-0.2, 0) is 0 Å². The zero-order valence-corrected chi connectivity index (χ0v) is 16.6. The molecular formula is C22H23N3O4. The fraction of sp³-hybridized carbons (Fsp3) is 0.227. The van der Waals surface area contributed by atoms with E-state index in [2.05, 4.69) is 15.2 Å². The Morgan fingerprint density at radius 3 is 2.34 bits per heavy atom. The minimum Gasteiger partial charge on any atom is -0.496 e. The van der Waals surface area contributed by atoms with E-state index in [-0.39, 0.29) is 5.56 Å². The van der Waals surface area contributed by atoms with Gasteiger partial charge in [-0.2, -0.15) is 5.10 Å². The summed E-state index contributed by atoms with van der Waals surface area (Å²) in [7, 11) is 2.99. The summed E-state index contributed by atoms with van der Waals surface area (Å²) < 4.78 is 16.3. The number of hydrogen-bond acceptors (Lipinski definition) is 5. The lowest BCUT2D eigenvalue weighted by Crippen LogP contribution is -2.15. The summed E-state index contributed by atoms with van der Waals surface area (Å²) in [6, 6.07) is 16.3. The maximum absolute atomic E-state index is 13.1. The normalized spacial score (nSPS) is 11.2. The number of carbonyl (C=O) groups excluding carboxylic acids is 1. The molecule has 0 spiro atoms. The van der Waals surface area contributed by atoms with Gasteiger partial charge in [0.15, 0.2) is 0 Å². The standard InChI is InChI=1S/C22H23N3O4/c1-4-13-29-19-14-16(21(25-24-19)15-9-6-5-7-10-15)23-22(26)20-17(27-2)11-8-12-18(20)28-3/h5-12,14H,4,13H2,1-3H3,(H,23,24,26). The fourth-order valence-electron chi connectivity index (χ4n) is 2.80. The van der Waals surface area contributed by atoms with Gasteiger partial charge in [0, 0.05) is 11.6 Å². The van der Waals surface area contributed by atoms with Crippen LogP contribution in [0.4, 0.5) is 0 Å². The Bertz CT molecular complexity index is 1020. The van der Waals surface area contributed by atoms with E-state index in [9.17, 15) is 4.79 Å². The molecule has 0 aliphatic carbocycles. The predicted octanol–water partition coefficient (Wildman–Crippen LogP) is 3.62. The number of nitrogens with zero attached hydrogens (tertiary/aromatic N) is 2. The molecule has 0 aliphatic heterocycles. The maximum Gasteiger partial charge on any atom is 0.285 e. The number of hydrogen-bond donors (Lipinski definition) is 1. The highest BCUT2D eigenvalue weighted by Crippen LogP contribution is 2.29. The second-order valence-corrected chi connectivity index (χ2v) is 6.14. The number of carbonyl (C=O) groups is 1. The second-order valence-electron chi connectivity index (χ2n) is 6.14. The summed E-state index contributed by atoms with van der Waals surface area (Å²) in [5, 5.41) is 7.64. The Morgan fingerprint density at radius 2 is 1.72 bits per heavy atom. The smallest absolute Gasteiger partial charge is 0.285 e. The largest absolute Gasteiger partial charge is 0.496 e. The average molecular weight is 393 g/mol. The van der Waals surface area contributed by atoms with E-state index in [0.717, 1.165) is 12.0 Å². The van der Waals surface area contributed by atoms with Gasteiger partial charge in [-0.3, -0.25) is 4.79 Å². The minimum atomic E-state index is -0.495. The minimum absolute atomic E-state index is 0.250. The van der Waals surface area contributed by atoms with Gasteiger partial charge in [-0.05, 0) is 18.6 Å². The first-order chi connectivity index (χ1) is 14.2. The third-order valence-corrected chi connectivity index (χ3v) is 4.16. The number of methoxy groups -OCH3 is 2. The Kier molecular flexibility index (Phi) is 6.63. The predicted molar refractivity (Wildman–Crippen MR) is 109 cm³/mol. The monoisotopic (exact) mass is 393 g/mol. The number of rotatable bonds is 7. The average Bonchev–Trinajstić information content (AvgIpc) is 2.77. The Balaban J connectivity index is 2.15. The SMILES string of the molecule is CCCOc1cc(=NC(=O)c2c(OC)cccc2OC)c(-c2ccccc2)n[nH]1. The van der Waals surface area contributed by atoms with Gasteiger partial charge in [-0.15, -0.1) is 0 Å². The van der Waals surface area contributed by atoms with Gasteiger partial charge >= 0.3 is 0 Å². The van der Waals surface area contributed by atoms with Crippen LogP contribution in [0.1, 0.15) is 23.7 Å². The fourth-order valence-corrected chi connectivity index (χ4v) is 2.80. The van der Waals surface area contributed by atoms with Crippen molar-refractivity contribution in [2.75, 3.05) is 20.8 Å². The molecule has 1 aromatic heterocycles. The summed E-state index contributed by atoms with van der Waals surface area (Å²) >= 11 is 0. The van der Waals surface area contributed by atoms with Gasteiger partial charge in [0.1, 0.15) is 28.1 Å². The van der Waals surface area contributed by atoms with Gasteiger partial charge in [0.2, 0.25) is 5.88 Å². The molecule has 29 heavy (non-hydrogen) atoms. The van der Waals surface area contributed by atoms with Crippen molar-refractivity contribution in [3.63, 3.8) is 0 Å². The number of ether oxygens (including phenoxy) is 3. The first-order valence-corrected chi connectivity index (χ1v) is 9.26. The van der Waals surface area contributed by atoms with Crippen LogP contribution < -0.4 is 19.6 Å². The van der Waals surface area contributed by atoms with E-state index in [1.807, 2.05) is 37.3 Å². The van der Waals surface area contributed by atoms with Gasteiger partial charge in [0.05, 0.1) is 20.8 Å². The molecule has 0 unspecified atom stereocenters. The summed E-state index contributed by atoms with van der Waals surface area (Å²) in [4.78, 5) is 17.4. The number of nitrogens with one attached hydrogen (secondary N) is 1. The molecule has 2 aromatic carbocycles. The van der Waals surface area contributed by atoms with Crippen molar-refractivity contribution < 1.29 is 19.0 Å². The maximum atomic E-state index is 13.1. The lowest BCUT2D eigenvalue weighted by atomic mass is 10.1. The first kappa shape index (κ1) is 20.1. The molecule has 0 saturated heterocycles. The third-order valence-electron chi connectivity index (χ3n) is 4.16. The van der Waals surface area contributed by atoms with Crippen LogP contribution in [-0.4, -0.2) is 36.9 Å². The molecule has 1 amide bonds. The molecule has 150 valence electrons. The number of aromatic nitrogens is 2. The van der Waals surface area contributed by atoms with E-state index >= 15 is 0 Å². The molecule has 0 atom stereocenters. The molecular weight excluding hydrogens is 370 g/mol. The van der Waals surface area contributed by atoms with Gasteiger partial charge in [-0.1, -0.05) is 43.3 Å². The highest BCUT2D eigenvalue weighted by molar-refractivity contribution is 6.00. The molecule has 1 heterocycles. The zero-order valence-electron chi connectivity index (χ0n) is 16.6. The first-order valence-electron chi connectivity index (χ1n) is 9.26. The van der Waals surface area contributed by atoms with Crippen LogP contribution in [0.25, 0.3) is 11.3 Å². The van der Waals surface area contributed by atoms with Crippen LogP contribution in [0.2, 0.25) is 0 Å². The Hall–Kier alpha value is -3.61. The van der Waals surface area contributed by atoms with Crippen molar-refractivity contribution in [2.45, 2.75) is 13.3 Å². The molecule has 0 aliphatic rings. The van der Waals surface area contributed by atoms with E-state index < -0.39 is 5.91 Å². The van der Waals surface area contributed by atoms with Crippen LogP contribution in [0.15, 0.2) is 59.6 Å². The van der Waals surface area contributed by atoms with Crippen molar-refractivity contribution in [3.8, 4) is 28.6 Å². The lowest BCUT2D eigenvalue weighted by Gasteiger charge is -2.10. The summed E-state index contributed by atoms with van der Waals surface area (Å²) in [5.41, 5.74) is 1.61. The number of aromatic amines is 1. The summed E-state index contributed by atoms with van der Waals surface area (Å²) in [5.74, 6) is 0.713. The van der Waals surface area contributed by atoms with Gasteiger partial charge in [0.25, 0.3) is 5.91 Å². The van der Waals surface area contributed by atoms with E-state index in [1.165, 1.54) is 14.2 Å². The topological polar surface area (TPSA) is 85.8 Å². The van der Waals surface area contributed by atoms with Gasteiger partial charge in [-0.25, -0.2) is 10.1 Å². The van der Waals surface area contributed by atoms with Crippen molar-refractivity contribution in [2.24, 2.45) is 4.99 Å². The molecule has 0 fully saturated rings. The molecule has 3 rings (SSSR count). The molecule has 7 heteroatoms. The number of amides is 1. The van der Waals surface area contributed by atoms with E-state index in [4.69, 9.17) is 14.2 Å². The van der Waals surface area contributed by atoms with Gasteiger partial charge < -0.3 is 14.2 Å². The van der Waals surface area contributed by atoms with E-state index in [0.29, 0.717) is 35.0 Å². The highest BCUT2D eigenvalue weighted by Gasteiger charge is 2.18. The summed E-state index contributed by atoms with van der Waals surface area (Å²) in [6.07, 6.45) is 0.845. The van der Waals surface area contributed by atoms with Crippen LogP contribution >= 0.6 is 0 Å². The molecule has 0 saturated carbocycles. The molecule has 3 aromatic rings. The molecule has 0 bridgehead atoms. The van der Waals surface area contributed by atoms with Crippen molar-refractivity contribution in [1.82, 2.24) is 10.2 Å². The van der Waals surface area contributed by atoms with Crippen LogP contribution in [0.3, 0.4) is 0 Å². The second kappa shape index (κ2) is 9.54. The molecule has 7 nitrogen and oxygen atoms in total. The van der Waals surface area contributed by atoms with E-state index in [1.54, 1.807) is 24.3 Å². The lowest BCUT2D eigenvalue weighted by molar-refractivity contribution is 0.0992. The zero-order chi connectivity index (χ0) is 20.6. The quantitative estimate of drug-likeness (QED) is 0.663. The van der Waals surface area contributed by atoms with Crippen LogP contribution in [0, 0.1) is 0 Å². The van der Waals surface area contributed by atoms with Crippen LogP contribution in [0.5, 0.6) is 17.4 Å². The number of H-pyrrole nitrogens is 1. The van der Waals surface area contributed by atoms with Crippen molar-refractivity contribution in [1.29, 1.82) is 0 Å². The Labute approximate surface area is 169 Å². The highest BCUT2D eigenvalue weighted by atomic mass is 16.5. The Morgan fingerprint density at radius 1 is 1.03 bits per heavy atom. The van der Waals surface area contributed by atoms with Crippen molar-refractivity contribution >= 4 is 5.91 Å². The molecule has 0 radical (unpaired) electrons.